The zero-order valence-electron chi connectivity index (χ0n) is 48.7. The summed E-state index contributed by atoms with van der Waals surface area (Å²) in [5.74, 6) is -6.51. The van der Waals surface area contributed by atoms with Gasteiger partial charge >= 0.3 is 34.4 Å². The van der Waals surface area contributed by atoms with Gasteiger partial charge in [-0.3, -0.25) is 28.8 Å². The van der Waals surface area contributed by atoms with Gasteiger partial charge in [-0.1, -0.05) is 121 Å². The average molecular weight is 1240 g/mol. The number of nitrogens with one attached hydrogen (secondary N) is 6. The third kappa shape index (κ3) is 22.3. The largest absolute Gasteiger partial charge is 0.508 e. The monoisotopic (exact) mass is 1240 g/mol. The van der Waals surface area contributed by atoms with Crippen LogP contribution in [0.15, 0.2) is 146 Å². The van der Waals surface area contributed by atoms with Crippen LogP contribution >= 0.6 is 0 Å². The van der Waals surface area contributed by atoms with Crippen LogP contribution < -0.4 is 65.2 Å². The molecule has 0 aromatic heterocycles. The summed E-state index contributed by atoms with van der Waals surface area (Å²) in [7, 11) is -7.07. The highest BCUT2D eigenvalue weighted by Crippen LogP contribution is 2.16. The number of carbonyl (C=O) groups excluding carboxylic acids is 6. The summed E-state index contributed by atoms with van der Waals surface area (Å²) >= 11 is 0. The fourth-order valence-corrected chi connectivity index (χ4v) is 9.48. The Morgan fingerprint density at radius 3 is 0.856 bits per heavy atom. The van der Waals surface area contributed by atoms with Crippen molar-refractivity contribution in [2.45, 2.75) is 100 Å². The number of nitrogens with two attached hydrogens (primary N) is 2. The second-order valence-corrected chi connectivity index (χ2v) is 21.7. The molecule has 26 nitrogen and oxygen atoms in total. The highest BCUT2D eigenvalue weighted by molar-refractivity contribution is 6.59. The minimum atomic E-state index is -1.83. The van der Waals surface area contributed by atoms with Crippen LogP contribution in [0, 0.1) is 0 Å². The summed E-state index contributed by atoms with van der Waals surface area (Å²) in [6, 6.07) is 25.4. The summed E-state index contributed by atoms with van der Waals surface area (Å²) in [5.41, 5.74) is 16.2. The number of aliphatic carboxylic acids is 1. The van der Waals surface area contributed by atoms with Gasteiger partial charge in [-0.15, -0.1) is 0 Å². The predicted molar refractivity (Wildman–Crippen MR) is 334 cm³/mol. The lowest BCUT2D eigenvalue weighted by Crippen LogP contribution is -2.58. The molecule has 0 fully saturated rings. The van der Waals surface area contributed by atoms with Gasteiger partial charge in [0.05, 0.1) is 12.1 Å². The number of rotatable bonds is 33. The van der Waals surface area contributed by atoms with Crippen LogP contribution in [0.5, 0.6) is 11.5 Å². The molecule has 30 heteroatoms. The maximum Gasteiger partial charge on any atom is 0.488 e. The van der Waals surface area contributed by atoms with E-state index in [0.717, 1.165) is 0 Å². The summed E-state index contributed by atoms with van der Waals surface area (Å²) in [6.07, 6.45) is -0.787. The van der Waals surface area contributed by atoms with Crippen molar-refractivity contribution in [3.63, 3.8) is 0 Å². The van der Waals surface area contributed by atoms with Crippen LogP contribution in [-0.2, 0) is 72.1 Å². The molecule has 7 atom stereocenters. The lowest BCUT2D eigenvalue weighted by molar-refractivity contribution is -0.142. The Hall–Kier alpha value is -8.93. The Morgan fingerprint density at radius 1 is 0.333 bits per heavy atom. The molecule has 6 aromatic carbocycles. The van der Waals surface area contributed by atoms with Crippen LogP contribution in [0.4, 0.5) is 0 Å². The van der Waals surface area contributed by atoms with E-state index in [0.29, 0.717) is 33.4 Å². The third-order valence-electron chi connectivity index (χ3n) is 14.7. The molecule has 0 spiro atoms. The molecule has 90 heavy (non-hydrogen) atoms. The van der Waals surface area contributed by atoms with Crippen molar-refractivity contribution in [3.05, 3.63) is 179 Å². The highest BCUT2D eigenvalue weighted by Gasteiger charge is 2.33. The van der Waals surface area contributed by atoms with Gasteiger partial charge in [0.15, 0.2) is 0 Å². The molecule has 6 aromatic rings. The number of carboxylic acids is 1. The standard InChI is InChI=1S/C60H72B4N8O18/c65-47(29-35-4-16-41(17-5-35)61(83)84)54(75)69-51(33-39-12-24-45(73)25-13-39)58(79)71-50(31-37-8-20-43(21-9-37)63(87)88)56(77)67-28-2-1-3-49(60(81)82)68-57(78)53(32-38-10-22-44(23-11-38)64(89)90)72-59(80)52(34-40-14-26-46(74)27-15-40)70-55(76)48(66)30-36-6-18-42(19-7-36)62(85)86/h4-27,47-53,73-74,83-90H,1-3,28-34,65-66H2,(H,67,77)(H,68,78)(H,69,75)(H,70,76)(H,71,79)(H,72,80)(H,81,82)/t47-,48-,49-,50-,51-,52-,53-/m0/s1. The first-order valence-electron chi connectivity index (χ1n) is 28.7. The minimum absolute atomic E-state index is 0.0121. The Kier molecular flexibility index (Phi) is 26.6. The maximum atomic E-state index is 14.4. The Bertz CT molecular complexity index is 3340. The molecule has 6 rings (SSSR count). The molecule has 21 N–H and O–H groups in total. The molecule has 0 aliphatic carbocycles. The van der Waals surface area contributed by atoms with E-state index in [-0.39, 0.29) is 97.7 Å². The molecular weight excluding hydrogens is 1160 g/mol. The van der Waals surface area contributed by atoms with Crippen molar-refractivity contribution >= 4 is 91.7 Å². The SMILES string of the molecule is N[C@@H](Cc1ccc(B(O)O)cc1)C(=O)N[C@@H](Cc1ccc(O)cc1)C(=O)N[C@@H](Cc1ccc(B(O)O)cc1)C(=O)NCCCC[C@H](NC(=O)[C@H](Cc1ccc(B(O)O)cc1)NC(=O)[C@H](Cc1ccc(O)cc1)NC(=O)[C@@H](N)Cc1ccc(B(O)O)cc1)C(=O)O. The van der Waals surface area contributed by atoms with E-state index in [9.17, 15) is 89.1 Å². The first-order valence-corrected chi connectivity index (χ1v) is 28.7. The van der Waals surface area contributed by atoms with Crippen molar-refractivity contribution in [3.8, 4) is 11.5 Å². The molecule has 0 aliphatic rings. The summed E-state index contributed by atoms with van der Waals surface area (Å²) in [4.78, 5) is 97.2. The molecule has 0 saturated carbocycles. The van der Waals surface area contributed by atoms with Crippen LogP contribution in [0.3, 0.4) is 0 Å². The lowest BCUT2D eigenvalue weighted by atomic mass is 9.80. The van der Waals surface area contributed by atoms with Gasteiger partial charge in [0.1, 0.15) is 41.7 Å². The molecule has 472 valence electrons. The molecular formula is C60H72B4N8O18. The molecule has 0 radical (unpaired) electrons. The number of carbonyl (C=O) groups is 7. The quantitative estimate of drug-likeness (QED) is 0.0135. The number of unbranched alkanes of at least 4 members (excludes halogenated alkanes) is 1. The van der Waals surface area contributed by atoms with E-state index in [1.165, 1.54) is 121 Å². The van der Waals surface area contributed by atoms with Gasteiger partial charge in [0, 0.05) is 32.2 Å². The van der Waals surface area contributed by atoms with Crippen LogP contribution in [0.2, 0.25) is 0 Å². The first kappa shape index (κ1) is 70.2. The fourth-order valence-electron chi connectivity index (χ4n) is 9.48. The van der Waals surface area contributed by atoms with Gasteiger partial charge < -0.3 is 98.9 Å². The van der Waals surface area contributed by atoms with Crippen molar-refractivity contribution in [2.24, 2.45) is 11.5 Å². The second-order valence-electron chi connectivity index (χ2n) is 21.7. The molecule has 0 saturated heterocycles. The third-order valence-corrected chi connectivity index (χ3v) is 14.7. The molecule has 0 heterocycles. The predicted octanol–water partition coefficient (Wildman–Crippen LogP) is -5.98. The number of benzene rings is 6. The number of hydrogen-bond acceptors (Lipinski definition) is 19. The van der Waals surface area contributed by atoms with Crippen molar-refractivity contribution in [2.75, 3.05) is 6.54 Å². The molecule has 0 bridgehead atoms. The lowest BCUT2D eigenvalue weighted by Gasteiger charge is -2.26. The Labute approximate surface area is 519 Å². The van der Waals surface area contributed by atoms with E-state index >= 15 is 0 Å². The zero-order valence-corrected chi connectivity index (χ0v) is 48.7. The number of amides is 6. The van der Waals surface area contributed by atoms with Gasteiger partial charge in [-0.25, -0.2) is 4.79 Å². The number of phenols is 2. The Balaban J connectivity index is 1.15. The second kappa shape index (κ2) is 34.2. The van der Waals surface area contributed by atoms with Gasteiger partial charge in [0.25, 0.3) is 0 Å². The van der Waals surface area contributed by atoms with Crippen molar-refractivity contribution in [1.29, 1.82) is 0 Å². The number of hydrogen-bond donors (Lipinski definition) is 19. The summed E-state index contributed by atoms with van der Waals surface area (Å²) in [5, 5.41) is 123. The van der Waals surface area contributed by atoms with E-state index in [2.05, 4.69) is 31.9 Å². The van der Waals surface area contributed by atoms with E-state index in [1.54, 1.807) is 24.3 Å². The van der Waals surface area contributed by atoms with Gasteiger partial charge in [-0.2, -0.15) is 0 Å². The van der Waals surface area contributed by atoms with E-state index in [4.69, 9.17) is 11.5 Å². The summed E-state index contributed by atoms with van der Waals surface area (Å²) in [6.45, 7) is -0.0863. The molecule has 0 aliphatic heterocycles. The van der Waals surface area contributed by atoms with Crippen molar-refractivity contribution in [1.82, 2.24) is 31.9 Å². The maximum absolute atomic E-state index is 14.4. The van der Waals surface area contributed by atoms with Crippen LogP contribution in [0.1, 0.15) is 52.6 Å². The number of phenolic OH excluding ortho intramolecular Hbond substituents is 2. The fraction of sp³-hybridized carbons (Fsp3) is 0.283. The first-order chi connectivity index (χ1) is 42.8. The van der Waals surface area contributed by atoms with E-state index < -0.39 is 112 Å². The smallest absolute Gasteiger partial charge is 0.488 e. The molecule has 0 unspecified atom stereocenters. The highest BCUT2D eigenvalue weighted by atomic mass is 16.4. The van der Waals surface area contributed by atoms with Gasteiger partial charge in [-0.05, 0) is 112 Å². The topological polar surface area (TPSA) is 466 Å². The van der Waals surface area contributed by atoms with Gasteiger partial charge in [0.2, 0.25) is 35.4 Å². The van der Waals surface area contributed by atoms with Crippen molar-refractivity contribution < 1.29 is 89.1 Å². The number of aromatic hydroxyl groups is 2. The van der Waals surface area contributed by atoms with Crippen LogP contribution in [0.25, 0.3) is 0 Å². The van der Waals surface area contributed by atoms with E-state index in [1.807, 2.05) is 0 Å². The Morgan fingerprint density at radius 2 is 0.578 bits per heavy atom. The zero-order chi connectivity index (χ0) is 65.6. The molecule has 6 amide bonds. The normalized spacial score (nSPS) is 13.4. The average Bonchev–Trinajstić information content (AvgIpc) is 1.94. The summed E-state index contributed by atoms with van der Waals surface area (Å²) < 4.78 is 0. The minimum Gasteiger partial charge on any atom is -0.508 e. The van der Waals surface area contributed by atoms with Crippen LogP contribution in [-0.4, -0.2) is 174 Å². The number of carboxylic acid groups (broad SMARTS) is 1.